The van der Waals surface area contributed by atoms with Crippen molar-refractivity contribution in [3.63, 3.8) is 0 Å². The van der Waals surface area contributed by atoms with Crippen molar-refractivity contribution in [2.24, 2.45) is 5.92 Å². The summed E-state index contributed by atoms with van der Waals surface area (Å²) >= 11 is 0. The number of hydrogen-bond acceptors (Lipinski definition) is 2. The van der Waals surface area contributed by atoms with E-state index in [1.807, 2.05) is 12.1 Å². The van der Waals surface area contributed by atoms with E-state index in [1.54, 1.807) is 6.07 Å². The largest absolute Gasteiger partial charge is 0.393 e. The van der Waals surface area contributed by atoms with Crippen LogP contribution >= 0.6 is 0 Å². The van der Waals surface area contributed by atoms with Crippen LogP contribution < -0.4 is 5.32 Å². The van der Waals surface area contributed by atoms with Gasteiger partial charge in [-0.1, -0.05) is 18.2 Å². The van der Waals surface area contributed by atoms with E-state index in [0.717, 1.165) is 31.4 Å². The fourth-order valence-corrected chi connectivity index (χ4v) is 2.67. The van der Waals surface area contributed by atoms with Crippen LogP contribution in [0.15, 0.2) is 24.3 Å². The average Bonchev–Trinajstić information content (AvgIpc) is 2.76. The lowest BCUT2D eigenvalue weighted by molar-refractivity contribution is 0.177. The number of rotatable bonds is 5. The summed E-state index contributed by atoms with van der Waals surface area (Å²) in [4.78, 5) is 0. The van der Waals surface area contributed by atoms with Gasteiger partial charge in [-0.3, -0.25) is 0 Å². The van der Waals surface area contributed by atoms with Crippen LogP contribution in [0.3, 0.4) is 0 Å². The highest BCUT2D eigenvalue weighted by molar-refractivity contribution is 5.18. The molecule has 3 heteroatoms. The maximum Gasteiger partial charge on any atom is 0.126 e. The van der Waals surface area contributed by atoms with Crippen molar-refractivity contribution < 1.29 is 9.50 Å². The minimum Gasteiger partial charge on any atom is -0.393 e. The zero-order chi connectivity index (χ0) is 13.0. The summed E-state index contributed by atoms with van der Waals surface area (Å²) in [6, 6.07) is 7.21. The van der Waals surface area contributed by atoms with Crippen LogP contribution in [0.5, 0.6) is 0 Å². The maximum atomic E-state index is 13.5. The highest BCUT2D eigenvalue weighted by atomic mass is 19.1. The molecule has 1 aromatic rings. The molecule has 0 heterocycles. The van der Waals surface area contributed by atoms with Crippen molar-refractivity contribution >= 4 is 0 Å². The molecule has 1 fully saturated rings. The van der Waals surface area contributed by atoms with Crippen LogP contribution in [0.2, 0.25) is 0 Å². The van der Waals surface area contributed by atoms with Crippen LogP contribution in [0.4, 0.5) is 4.39 Å². The first-order valence-corrected chi connectivity index (χ1v) is 6.80. The average molecular weight is 251 g/mol. The summed E-state index contributed by atoms with van der Waals surface area (Å²) in [5.41, 5.74) is 0.768. The van der Waals surface area contributed by atoms with Gasteiger partial charge >= 0.3 is 0 Å². The van der Waals surface area contributed by atoms with Gasteiger partial charge in [0.15, 0.2) is 0 Å². The van der Waals surface area contributed by atoms with Gasteiger partial charge in [0.1, 0.15) is 5.82 Å². The van der Waals surface area contributed by atoms with Gasteiger partial charge in [0.25, 0.3) is 0 Å². The van der Waals surface area contributed by atoms with E-state index in [1.165, 1.54) is 6.07 Å². The molecular formula is C15H22FNO. The standard InChI is InChI=1S/C15H22FNO/c1-11(8-13-4-2-3-5-15(13)16)17-10-12-6-7-14(18)9-12/h2-5,11-12,14,17-18H,6-10H2,1H3. The second-order valence-electron chi connectivity index (χ2n) is 5.44. The molecule has 0 spiro atoms. The topological polar surface area (TPSA) is 32.3 Å². The first kappa shape index (κ1) is 13.5. The Labute approximate surface area is 108 Å². The number of hydrogen-bond donors (Lipinski definition) is 2. The third-order valence-corrected chi connectivity index (χ3v) is 3.75. The molecule has 18 heavy (non-hydrogen) atoms. The number of benzene rings is 1. The Hall–Kier alpha value is -0.930. The highest BCUT2D eigenvalue weighted by Gasteiger charge is 2.22. The van der Waals surface area contributed by atoms with Crippen molar-refractivity contribution in [3.05, 3.63) is 35.6 Å². The summed E-state index contributed by atoms with van der Waals surface area (Å²) in [6.45, 7) is 3.00. The Morgan fingerprint density at radius 2 is 2.17 bits per heavy atom. The Kier molecular flexibility index (Phi) is 4.72. The number of aliphatic hydroxyl groups excluding tert-OH is 1. The molecular weight excluding hydrogens is 229 g/mol. The van der Waals surface area contributed by atoms with Crippen LogP contribution in [-0.4, -0.2) is 23.8 Å². The third-order valence-electron chi connectivity index (χ3n) is 3.75. The fraction of sp³-hybridized carbons (Fsp3) is 0.600. The van der Waals surface area contributed by atoms with E-state index >= 15 is 0 Å². The Balaban J connectivity index is 1.75. The van der Waals surface area contributed by atoms with E-state index in [9.17, 15) is 9.50 Å². The van der Waals surface area contributed by atoms with E-state index in [-0.39, 0.29) is 18.0 Å². The Bertz CT molecular complexity index is 383. The molecule has 2 N–H and O–H groups in total. The molecule has 2 nitrogen and oxygen atoms in total. The summed E-state index contributed by atoms with van der Waals surface area (Å²) in [6.07, 6.45) is 3.52. The molecule has 3 atom stereocenters. The van der Waals surface area contributed by atoms with Gasteiger partial charge in [0.2, 0.25) is 0 Å². The van der Waals surface area contributed by atoms with Gasteiger partial charge in [-0.25, -0.2) is 4.39 Å². The van der Waals surface area contributed by atoms with Crippen LogP contribution in [0.25, 0.3) is 0 Å². The molecule has 0 aromatic heterocycles. The summed E-state index contributed by atoms with van der Waals surface area (Å²) in [5, 5.41) is 12.9. The predicted octanol–water partition coefficient (Wildman–Crippen LogP) is 2.51. The second kappa shape index (κ2) is 6.30. The Morgan fingerprint density at radius 1 is 1.39 bits per heavy atom. The van der Waals surface area contributed by atoms with Crippen LogP contribution in [0, 0.1) is 11.7 Å². The molecule has 0 bridgehead atoms. The number of halogens is 1. The van der Waals surface area contributed by atoms with Crippen molar-refractivity contribution in [1.82, 2.24) is 5.32 Å². The van der Waals surface area contributed by atoms with E-state index < -0.39 is 0 Å². The van der Waals surface area contributed by atoms with Crippen molar-refractivity contribution in [2.45, 2.75) is 44.8 Å². The molecule has 1 saturated carbocycles. The molecule has 1 aromatic carbocycles. The molecule has 1 aliphatic rings. The zero-order valence-corrected chi connectivity index (χ0v) is 10.9. The van der Waals surface area contributed by atoms with Gasteiger partial charge in [0.05, 0.1) is 6.10 Å². The molecule has 0 amide bonds. The third kappa shape index (κ3) is 3.79. The first-order chi connectivity index (χ1) is 8.65. The molecule has 100 valence electrons. The molecule has 1 aliphatic carbocycles. The molecule has 0 radical (unpaired) electrons. The molecule has 0 aliphatic heterocycles. The molecule has 2 rings (SSSR count). The lowest BCUT2D eigenvalue weighted by Gasteiger charge is -2.17. The Morgan fingerprint density at radius 3 is 2.83 bits per heavy atom. The smallest absolute Gasteiger partial charge is 0.126 e. The summed E-state index contributed by atoms with van der Waals surface area (Å²) in [5.74, 6) is 0.450. The zero-order valence-electron chi connectivity index (χ0n) is 10.9. The lowest BCUT2D eigenvalue weighted by Crippen LogP contribution is -2.32. The van der Waals surface area contributed by atoms with Gasteiger partial charge in [0, 0.05) is 6.04 Å². The number of nitrogens with one attached hydrogen (secondary N) is 1. The van der Waals surface area contributed by atoms with E-state index in [4.69, 9.17) is 0 Å². The number of aliphatic hydroxyl groups is 1. The molecule has 0 saturated heterocycles. The van der Waals surface area contributed by atoms with Gasteiger partial charge in [-0.2, -0.15) is 0 Å². The monoisotopic (exact) mass is 251 g/mol. The summed E-state index contributed by atoms with van der Waals surface area (Å²) < 4.78 is 13.5. The minimum absolute atomic E-state index is 0.112. The minimum atomic E-state index is -0.123. The van der Waals surface area contributed by atoms with Crippen LogP contribution in [-0.2, 0) is 6.42 Å². The quantitative estimate of drug-likeness (QED) is 0.842. The second-order valence-corrected chi connectivity index (χ2v) is 5.44. The predicted molar refractivity (Wildman–Crippen MR) is 70.9 cm³/mol. The highest BCUT2D eigenvalue weighted by Crippen LogP contribution is 2.24. The van der Waals surface area contributed by atoms with Crippen molar-refractivity contribution in [3.8, 4) is 0 Å². The van der Waals surface area contributed by atoms with Gasteiger partial charge in [-0.15, -0.1) is 0 Å². The van der Waals surface area contributed by atoms with Crippen molar-refractivity contribution in [1.29, 1.82) is 0 Å². The first-order valence-electron chi connectivity index (χ1n) is 6.80. The van der Waals surface area contributed by atoms with Crippen molar-refractivity contribution in [2.75, 3.05) is 6.54 Å². The normalized spacial score (nSPS) is 25.3. The van der Waals surface area contributed by atoms with Gasteiger partial charge in [-0.05, 0) is 56.7 Å². The van der Waals surface area contributed by atoms with Crippen LogP contribution in [0.1, 0.15) is 31.7 Å². The van der Waals surface area contributed by atoms with E-state index in [2.05, 4.69) is 12.2 Å². The summed E-state index contributed by atoms with van der Waals surface area (Å²) in [7, 11) is 0. The van der Waals surface area contributed by atoms with E-state index in [0.29, 0.717) is 12.3 Å². The maximum absolute atomic E-state index is 13.5. The SMILES string of the molecule is CC(Cc1ccccc1F)NCC1CCC(O)C1. The molecule has 3 unspecified atom stereocenters. The lowest BCUT2D eigenvalue weighted by atomic mass is 10.0. The fourth-order valence-electron chi connectivity index (χ4n) is 2.67. The van der Waals surface area contributed by atoms with Gasteiger partial charge < -0.3 is 10.4 Å².